The highest BCUT2D eigenvalue weighted by Gasteiger charge is 2.16. The first-order chi connectivity index (χ1) is 22.0. The van der Waals surface area contributed by atoms with Gasteiger partial charge in [0.1, 0.15) is 16.2 Å². The Hall–Kier alpha value is -5.04. The molecule has 0 fully saturated rings. The van der Waals surface area contributed by atoms with Crippen LogP contribution >= 0.6 is 34.9 Å². The smallest absolute Gasteiger partial charge is 0.283 e. The van der Waals surface area contributed by atoms with Crippen LogP contribution in [0.2, 0.25) is 0 Å². The van der Waals surface area contributed by atoms with Gasteiger partial charge in [0, 0.05) is 34.9 Å². The molecule has 220 valence electrons. The fourth-order valence-electron chi connectivity index (χ4n) is 4.68. The van der Waals surface area contributed by atoms with Crippen molar-refractivity contribution in [3.8, 4) is 0 Å². The van der Waals surface area contributed by atoms with Crippen molar-refractivity contribution in [2.45, 2.75) is 14.3 Å². The molecule has 7 aromatic rings. The van der Waals surface area contributed by atoms with Gasteiger partial charge in [0.2, 0.25) is 5.91 Å². The summed E-state index contributed by atoms with van der Waals surface area (Å²) in [6.45, 7) is 0. The maximum absolute atomic E-state index is 12.7. The van der Waals surface area contributed by atoms with Gasteiger partial charge in [-0.2, -0.15) is 0 Å². The number of carbonyl (C=O) groups is 1. The van der Waals surface area contributed by atoms with Crippen LogP contribution in [0.3, 0.4) is 0 Å². The molecule has 0 saturated heterocycles. The minimum atomic E-state index is -0.398. The van der Waals surface area contributed by atoms with Crippen LogP contribution in [0.15, 0.2) is 127 Å². The Kier molecular flexibility index (Phi) is 7.99. The van der Waals surface area contributed by atoms with Crippen LogP contribution in [-0.2, 0) is 4.79 Å². The molecule has 0 aliphatic carbocycles. The number of furan rings is 1. The van der Waals surface area contributed by atoms with Crippen molar-refractivity contribution >= 4 is 96.2 Å². The van der Waals surface area contributed by atoms with E-state index in [0.29, 0.717) is 26.9 Å². The van der Waals surface area contributed by atoms with E-state index in [-0.39, 0.29) is 17.3 Å². The number of fused-ring (bicyclic) bond motifs is 4. The van der Waals surface area contributed by atoms with E-state index >= 15 is 0 Å². The Morgan fingerprint density at radius 2 is 1.84 bits per heavy atom. The monoisotopic (exact) mass is 647 g/mol. The number of nitro benzene ring substituents is 1. The number of para-hydroxylation sites is 1. The molecule has 1 amide bonds. The van der Waals surface area contributed by atoms with Crippen LogP contribution in [0.25, 0.3) is 32.2 Å². The van der Waals surface area contributed by atoms with Crippen LogP contribution in [0, 0.1) is 10.1 Å². The van der Waals surface area contributed by atoms with E-state index in [9.17, 15) is 14.9 Å². The lowest BCUT2D eigenvalue weighted by Gasteiger charge is -2.04. The highest BCUT2D eigenvalue weighted by atomic mass is 32.2. The maximum atomic E-state index is 12.7. The number of aromatic nitrogens is 2. The van der Waals surface area contributed by atoms with Gasteiger partial charge in [0.15, 0.2) is 4.34 Å². The number of aliphatic imine (C=N–C) groups is 1. The molecular formula is C33H21N5O4S3. The number of hydrogen-bond donors (Lipinski definition) is 1. The van der Waals surface area contributed by atoms with Crippen molar-refractivity contribution in [2.75, 3.05) is 11.1 Å². The molecule has 3 aromatic heterocycles. The highest BCUT2D eigenvalue weighted by molar-refractivity contribution is 8.01. The van der Waals surface area contributed by atoms with Crippen molar-refractivity contribution in [3.63, 3.8) is 0 Å². The van der Waals surface area contributed by atoms with Crippen molar-refractivity contribution in [1.29, 1.82) is 0 Å². The number of amides is 1. The topological polar surface area (TPSA) is 124 Å². The number of thiazole rings is 1. The number of anilines is 1. The van der Waals surface area contributed by atoms with Gasteiger partial charge >= 0.3 is 0 Å². The molecule has 1 N–H and O–H groups in total. The summed E-state index contributed by atoms with van der Waals surface area (Å²) in [6.07, 6.45) is 3.26. The second kappa shape index (κ2) is 12.5. The van der Waals surface area contributed by atoms with Gasteiger partial charge in [-0.05, 0) is 66.2 Å². The van der Waals surface area contributed by atoms with E-state index in [4.69, 9.17) is 4.42 Å². The number of pyridine rings is 1. The fourth-order valence-corrected chi connectivity index (χ4v) is 7.44. The standard InChI is InChI=1S/C33H21N5O4S3/c39-31(36-22-10-12-28-24(16-22)23-5-1-2-6-27(23)42-28)19-43-33-37-25-11-9-21(17-30(25)45-33)35-18-20-8-13-29(26(15-20)38(40)41)44-32-7-3-4-14-34-32/h1-18H,19H2,(H,36,39). The predicted octanol–water partition coefficient (Wildman–Crippen LogP) is 9.13. The van der Waals surface area contributed by atoms with Crippen LogP contribution < -0.4 is 5.32 Å². The second-order valence-corrected chi connectivity index (χ2v) is 13.1. The SMILES string of the molecule is O=C(CSc1nc2ccc(N=Cc3ccc(Sc4ccccn4)c([N+](=O)[O-])c3)cc2s1)Nc1ccc2oc3ccccc3c2c1. The lowest BCUT2D eigenvalue weighted by Crippen LogP contribution is -2.13. The fraction of sp³-hybridized carbons (Fsp3) is 0.0303. The summed E-state index contributed by atoms with van der Waals surface area (Å²) in [7, 11) is 0. The largest absolute Gasteiger partial charge is 0.456 e. The van der Waals surface area contributed by atoms with Gasteiger partial charge in [-0.25, -0.2) is 9.97 Å². The first-order valence-electron chi connectivity index (χ1n) is 13.6. The van der Waals surface area contributed by atoms with E-state index in [2.05, 4.69) is 20.3 Å². The summed E-state index contributed by atoms with van der Waals surface area (Å²) < 4.78 is 7.57. The summed E-state index contributed by atoms with van der Waals surface area (Å²) in [5, 5.41) is 17.4. The van der Waals surface area contributed by atoms with Crippen LogP contribution in [0.4, 0.5) is 17.1 Å². The quantitative estimate of drug-likeness (QED) is 0.0712. The maximum Gasteiger partial charge on any atom is 0.283 e. The Morgan fingerprint density at radius 3 is 2.71 bits per heavy atom. The van der Waals surface area contributed by atoms with Gasteiger partial charge in [0.05, 0.1) is 31.5 Å². The molecule has 12 heteroatoms. The van der Waals surface area contributed by atoms with Crippen LogP contribution in [0.5, 0.6) is 0 Å². The van der Waals surface area contributed by atoms with E-state index < -0.39 is 4.92 Å². The minimum Gasteiger partial charge on any atom is -0.456 e. The zero-order chi connectivity index (χ0) is 30.8. The second-order valence-electron chi connectivity index (χ2n) is 9.79. The molecule has 9 nitrogen and oxygen atoms in total. The molecule has 3 heterocycles. The number of benzene rings is 4. The first kappa shape index (κ1) is 28.7. The zero-order valence-electron chi connectivity index (χ0n) is 23.2. The molecule has 0 saturated carbocycles. The number of hydrogen-bond acceptors (Lipinski definition) is 10. The third-order valence-corrected chi connectivity index (χ3v) is 9.91. The Balaban J connectivity index is 1.00. The molecular weight excluding hydrogens is 627 g/mol. The molecule has 45 heavy (non-hydrogen) atoms. The van der Waals surface area contributed by atoms with Gasteiger partial charge in [-0.1, -0.05) is 53.9 Å². The van der Waals surface area contributed by atoms with Crippen molar-refractivity contribution in [1.82, 2.24) is 9.97 Å². The average Bonchev–Trinajstić information content (AvgIpc) is 3.64. The highest BCUT2D eigenvalue weighted by Crippen LogP contribution is 2.35. The zero-order valence-corrected chi connectivity index (χ0v) is 25.7. The van der Waals surface area contributed by atoms with Crippen molar-refractivity contribution in [3.05, 3.63) is 119 Å². The van der Waals surface area contributed by atoms with Crippen LogP contribution in [0.1, 0.15) is 5.56 Å². The normalized spacial score (nSPS) is 11.6. The Bertz CT molecular complexity index is 2250. The third-order valence-electron chi connectivity index (χ3n) is 6.73. The van der Waals surface area contributed by atoms with Gasteiger partial charge in [-0.3, -0.25) is 19.9 Å². The molecule has 7 rings (SSSR count). The molecule has 0 aliphatic rings. The summed E-state index contributed by atoms with van der Waals surface area (Å²) in [5.74, 6) is 0.0813. The third kappa shape index (κ3) is 6.43. The summed E-state index contributed by atoms with van der Waals surface area (Å²) in [6, 6.07) is 29.5. The molecule has 0 spiro atoms. The molecule has 0 unspecified atom stereocenters. The molecule has 0 aliphatic heterocycles. The lowest BCUT2D eigenvalue weighted by molar-refractivity contribution is -0.387. The molecule has 0 radical (unpaired) electrons. The van der Waals surface area contributed by atoms with E-state index in [1.165, 1.54) is 40.9 Å². The number of carbonyl (C=O) groups excluding carboxylic acids is 1. The van der Waals surface area contributed by atoms with E-state index in [1.54, 1.807) is 30.6 Å². The Morgan fingerprint density at radius 1 is 0.978 bits per heavy atom. The number of nitro groups is 1. The Labute approximate surface area is 268 Å². The van der Waals surface area contributed by atoms with Gasteiger partial charge in [0.25, 0.3) is 5.69 Å². The lowest BCUT2D eigenvalue weighted by atomic mass is 10.1. The predicted molar refractivity (Wildman–Crippen MR) is 181 cm³/mol. The van der Waals surface area contributed by atoms with E-state index in [0.717, 1.165) is 36.5 Å². The molecule has 4 aromatic carbocycles. The number of nitrogens with one attached hydrogen (secondary N) is 1. The van der Waals surface area contributed by atoms with E-state index in [1.807, 2.05) is 72.8 Å². The van der Waals surface area contributed by atoms with Crippen LogP contribution in [-0.4, -0.2) is 32.8 Å². The number of rotatable bonds is 9. The van der Waals surface area contributed by atoms with Crippen molar-refractivity contribution in [2.24, 2.45) is 4.99 Å². The summed E-state index contributed by atoms with van der Waals surface area (Å²) >= 11 is 4.10. The molecule has 0 atom stereocenters. The van der Waals surface area contributed by atoms with Crippen molar-refractivity contribution < 1.29 is 14.1 Å². The van der Waals surface area contributed by atoms with Gasteiger partial charge < -0.3 is 9.73 Å². The molecule has 0 bridgehead atoms. The summed E-state index contributed by atoms with van der Waals surface area (Å²) in [4.78, 5) is 38.0. The summed E-state index contributed by atoms with van der Waals surface area (Å²) in [5.41, 5.74) is 4.40. The average molecular weight is 648 g/mol. The van der Waals surface area contributed by atoms with Gasteiger partial charge in [-0.15, -0.1) is 11.3 Å². The first-order valence-corrected chi connectivity index (χ1v) is 16.3. The number of nitrogens with zero attached hydrogens (tertiary/aromatic N) is 4. The number of thioether (sulfide) groups is 1. The minimum absolute atomic E-state index is 0.00580.